The lowest BCUT2D eigenvalue weighted by atomic mass is 9.95. The lowest BCUT2D eigenvalue weighted by Gasteiger charge is -2.16. The predicted octanol–water partition coefficient (Wildman–Crippen LogP) is 2.02. The molecule has 2 N–H and O–H groups in total. The molecule has 0 aliphatic carbocycles. The molecule has 0 fully saturated rings. The SMILES string of the molecule is CCCC(O)C(C=NO)CCC. The lowest BCUT2D eigenvalue weighted by Crippen LogP contribution is -2.21. The topological polar surface area (TPSA) is 52.8 Å². The normalized spacial score (nSPS) is 16.6. The van der Waals surface area contributed by atoms with Gasteiger partial charge in [-0.25, -0.2) is 0 Å². The van der Waals surface area contributed by atoms with E-state index in [4.69, 9.17) is 5.21 Å². The number of hydrogen-bond acceptors (Lipinski definition) is 3. The first-order valence-corrected chi connectivity index (χ1v) is 4.61. The molecule has 0 radical (unpaired) electrons. The minimum atomic E-state index is -0.356. The summed E-state index contributed by atoms with van der Waals surface area (Å²) in [5.41, 5.74) is 0. The van der Waals surface area contributed by atoms with Gasteiger partial charge in [0, 0.05) is 12.1 Å². The van der Waals surface area contributed by atoms with Crippen LogP contribution in [-0.4, -0.2) is 22.6 Å². The summed E-state index contributed by atoms with van der Waals surface area (Å²) in [5.74, 6) is 0.0138. The van der Waals surface area contributed by atoms with Crippen molar-refractivity contribution in [3.63, 3.8) is 0 Å². The Hall–Kier alpha value is -0.570. The van der Waals surface area contributed by atoms with Crippen LogP contribution in [0, 0.1) is 5.92 Å². The Morgan fingerprint density at radius 1 is 1.25 bits per heavy atom. The van der Waals surface area contributed by atoms with Crippen LogP contribution in [0.1, 0.15) is 39.5 Å². The van der Waals surface area contributed by atoms with Crippen molar-refractivity contribution in [1.29, 1.82) is 0 Å². The second-order valence-corrected chi connectivity index (χ2v) is 3.07. The first-order chi connectivity index (χ1) is 5.76. The van der Waals surface area contributed by atoms with Crippen LogP contribution in [0.4, 0.5) is 0 Å². The van der Waals surface area contributed by atoms with Crippen molar-refractivity contribution in [2.45, 2.75) is 45.6 Å². The van der Waals surface area contributed by atoms with Crippen LogP contribution >= 0.6 is 0 Å². The first-order valence-electron chi connectivity index (χ1n) is 4.61. The maximum Gasteiger partial charge on any atom is 0.0619 e. The summed E-state index contributed by atoms with van der Waals surface area (Å²) in [6, 6.07) is 0. The molecule has 0 bridgehead atoms. The van der Waals surface area contributed by atoms with Gasteiger partial charge in [-0.15, -0.1) is 5.16 Å². The van der Waals surface area contributed by atoms with Gasteiger partial charge in [-0.05, 0) is 12.8 Å². The first kappa shape index (κ1) is 11.4. The van der Waals surface area contributed by atoms with Gasteiger partial charge in [0.15, 0.2) is 0 Å². The maximum absolute atomic E-state index is 9.57. The van der Waals surface area contributed by atoms with Gasteiger partial charge in [0.2, 0.25) is 0 Å². The van der Waals surface area contributed by atoms with E-state index < -0.39 is 0 Å². The maximum atomic E-state index is 9.57. The van der Waals surface area contributed by atoms with Crippen molar-refractivity contribution >= 4 is 6.21 Å². The standard InChI is InChI=1S/C9H19NO2/c1-3-5-8(7-10-12)9(11)6-4-2/h7-9,11-12H,3-6H2,1-2H3. The highest BCUT2D eigenvalue weighted by molar-refractivity contribution is 5.60. The van der Waals surface area contributed by atoms with E-state index in [2.05, 4.69) is 12.1 Å². The van der Waals surface area contributed by atoms with E-state index in [9.17, 15) is 5.11 Å². The minimum Gasteiger partial charge on any atom is -0.411 e. The van der Waals surface area contributed by atoms with E-state index in [-0.39, 0.29) is 12.0 Å². The van der Waals surface area contributed by atoms with E-state index in [1.807, 2.05) is 6.92 Å². The summed E-state index contributed by atoms with van der Waals surface area (Å²) in [6.07, 6.45) is 4.69. The second kappa shape index (κ2) is 7.10. The highest BCUT2D eigenvalue weighted by atomic mass is 16.4. The van der Waals surface area contributed by atoms with Gasteiger partial charge in [0.1, 0.15) is 0 Å². The molecular weight excluding hydrogens is 154 g/mol. The Bertz CT molecular complexity index is 126. The molecule has 0 heterocycles. The van der Waals surface area contributed by atoms with E-state index >= 15 is 0 Å². The second-order valence-electron chi connectivity index (χ2n) is 3.07. The largest absolute Gasteiger partial charge is 0.411 e. The monoisotopic (exact) mass is 173 g/mol. The van der Waals surface area contributed by atoms with Gasteiger partial charge in [0.25, 0.3) is 0 Å². The molecule has 2 unspecified atom stereocenters. The van der Waals surface area contributed by atoms with Gasteiger partial charge in [-0.2, -0.15) is 0 Å². The van der Waals surface area contributed by atoms with Gasteiger partial charge in [-0.3, -0.25) is 0 Å². The lowest BCUT2D eigenvalue weighted by molar-refractivity contribution is 0.123. The third-order valence-electron chi connectivity index (χ3n) is 1.96. The number of hydrogen-bond donors (Lipinski definition) is 2. The van der Waals surface area contributed by atoms with Crippen LogP contribution in [0.3, 0.4) is 0 Å². The molecule has 3 heteroatoms. The van der Waals surface area contributed by atoms with Gasteiger partial charge in [-0.1, -0.05) is 26.7 Å². The van der Waals surface area contributed by atoms with Crippen molar-refractivity contribution in [2.75, 3.05) is 0 Å². The van der Waals surface area contributed by atoms with Crippen LogP contribution in [0.15, 0.2) is 5.16 Å². The van der Waals surface area contributed by atoms with Crippen molar-refractivity contribution in [3.8, 4) is 0 Å². The van der Waals surface area contributed by atoms with E-state index in [0.717, 1.165) is 25.7 Å². The third-order valence-corrected chi connectivity index (χ3v) is 1.96. The van der Waals surface area contributed by atoms with Gasteiger partial charge in [0.05, 0.1) is 6.10 Å². The molecule has 0 rings (SSSR count). The van der Waals surface area contributed by atoms with Crippen molar-refractivity contribution in [1.82, 2.24) is 0 Å². The Morgan fingerprint density at radius 2 is 1.83 bits per heavy atom. The van der Waals surface area contributed by atoms with Crippen LogP contribution in [0.5, 0.6) is 0 Å². The Balaban J connectivity index is 3.89. The molecule has 12 heavy (non-hydrogen) atoms. The fourth-order valence-electron chi connectivity index (χ4n) is 1.30. The molecule has 0 aromatic carbocycles. The summed E-state index contributed by atoms with van der Waals surface area (Å²) in [7, 11) is 0. The highest BCUT2D eigenvalue weighted by Gasteiger charge is 2.15. The average Bonchev–Trinajstić information content (AvgIpc) is 2.04. The van der Waals surface area contributed by atoms with Gasteiger partial charge >= 0.3 is 0 Å². The molecule has 0 aliphatic rings. The molecule has 0 saturated heterocycles. The minimum absolute atomic E-state index is 0.0138. The summed E-state index contributed by atoms with van der Waals surface area (Å²) in [5, 5.41) is 20.9. The van der Waals surface area contributed by atoms with E-state index in [0.29, 0.717) is 0 Å². The molecule has 0 aromatic heterocycles. The quantitative estimate of drug-likeness (QED) is 0.367. The molecule has 0 saturated carbocycles. The van der Waals surface area contributed by atoms with Crippen LogP contribution < -0.4 is 0 Å². The number of aliphatic hydroxyl groups excluding tert-OH is 1. The Morgan fingerprint density at radius 3 is 2.25 bits per heavy atom. The van der Waals surface area contributed by atoms with Crippen LogP contribution in [-0.2, 0) is 0 Å². The molecular formula is C9H19NO2. The average molecular weight is 173 g/mol. The highest BCUT2D eigenvalue weighted by Crippen LogP contribution is 2.13. The molecule has 0 amide bonds. The smallest absolute Gasteiger partial charge is 0.0619 e. The third kappa shape index (κ3) is 4.34. The molecule has 72 valence electrons. The zero-order valence-electron chi connectivity index (χ0n) is 7.90. The van der Waals surface area contributed by atoms with Crippen LogP contribution in [0.2, 0.25) is 0 Å². The molecule has 0 spiro atoms. The number of rotatable bonds is 6. The number of oxime groups is 1. The molecule has 0 aliphatic heterocycles. The Labute approximate surface area is 74.1 Å². The van der Waals surface area contributed by atoms with Crippen molar-refractivity contribution in [3.05, 3.63) is 0 Å². The molecule has 2 atom stereocenters. The fourth-order valence-corrected chi connectivity index (χ4v) is 1.30. The summed E-state index contributed by atoms with van der Waals surface area (Å²) >= 11 is 0. The van der Waals surface area contributed by atoms with E-state index in [1.165, 1.54) is 6.21 Å². The van der Waals surface area contributed by atoms with Crippen LogP contribution in [0.25, 0.3) is 0 Å². The summed E-state index contributed by atoms with van der Waals surface area (Å²) < 4.78 is 0. The number of nitrogens with zero attached hydrogens (tertiary/aromatic N) is 1. The summed E-state index contributed by atoms with van der Waals surface area (Å²) in [4.78, 5) is 0. The summed E-state index contributed by atoms with van der Waals surface area (Å²) in [6.45, 7) is 4.08. The zero-order chi connectivity index (χ0) is 9.40. The fraction of sp³-hybridized carbons (Fsp3) is 0.889. The predicted molar refractivity (Wildman–Crippen MR) is 49.6 cm³/mol. The van der Waals surface area contributed by atoms with E-state index in [1.54, 1.807) is 0 Å². The molecule has 3 nitrogen and oxygen atoms in total. The van der Waals surface area contributed by atoms with Crippen molar-refractivity contribution < 1.29 is 10.3 Å². The number of aliphatic hydroxyl groups is 1. The van der Waals surface area contributed by atoms with Gasteiger partial charge < -0.3 is 10.3 Å². The van der Waals surface area contributed by atoms with Crippen molar-refractivity contribution in [2.24, 2.45) is 11.1 Å². The Kier molecular flexibility index (Phi) is 6.76. The zero-order valence-corrected chi connectivity index (χ0v) is 7.90. The molecule has 0 aromatic rings.